The normalized spacial score (nSPS) is 10.8. The van der Waals surface area contributed by atoms with E-state index in [2.05, 4.69) is 25.3 Å². The predicted octanol–water partition coefficient (Wildman–Crippen LogP) is 11.9. The number of nitrogens with two attached hydrogens (primary N) is 1. The minimum Gasteiger partial charge on any atom is -0.506 e. The molecule has 0 radical (unpaired) electrons. The zero-order chi connectivity index (χ0) is 40.0. The van der Waals surface area contributed by atoms with Gasteiger partial charge >= 0.3 is 0 Å². The van der Waals surface area contributed by atoms with E-state index >= 15 is 0 Å². The van der Waals surface area contributed by atoms with Crippen LogP contribution in [-0.4, -0.2) is 36.4 Å². The molecule has 14 heteroatoms. The monoisotopic (exact) mass is 842 g/mol. The highest BCUT2D eigenvalue weighted by atomic mass is 35.5. The number of para-hydroxylation sites is 1. The standard InChI is InChI=1S/C21H14Cl3N3O.C9H7NO.C7H4Cl2O.C5H6N2/c22-12-6-7-16(23)14(10-12)19(27-18-5-1-2-8-25-18)15-11-17(24)13-4-3-9-26-20(13)21(15)28;11-8-5-1-3-7-4-2-6-10-9(7)8;8-6-1-2-7(9)5(3-6)4-10;6-5-3-1-2-4-7-5/h1-11,19,28H,(H,25,27);1-6,11H;1-4H;1-4H,(H2,6,7). The summed E-state index contributed by atoms with van der Waals surface area (Å²) in [6.45, 7) is 0. The van der Waals surface area contributed by atoms with Gasteiger partial charge in [0.2, 0.25) is 0 Å². The number of phenols is 2. The summed E-state index contributed by atoms with van der Waals surface area (Å²) in [6.07, 6.45) is 7.29. The van der Waals surface area contributed by atoms with Crippen molar-refractivity contribution in [3.05, 3.63) is 188 Å². The Kier molecular flexibility index (Phi) is 15.0. The number of nitrogen functional groups attached to an aromatic ring is 1. The van der Waals surface area contributed by atoms with Crippen LogP contribution in [0.5, 0.6) is 11.5 Å². The van der Waals surface area contributed by atoms with Crippen LogP contribution in [-0.2, 0) is 0 Å². The second-order valence-corrected chi connectivity index (χ2v) is 13.6. The van der Waals surface area contributed by atoms with Gasteiger partial charge < -0.3 is 21.3 Å². The Hall–Kier alpha value is -5.68. The maximum atomic E-state index is 11.0. The molecule has 0 saturated carbocycles. The number of hydrogen-bond acceptors (Lipinski definition) is 9. The van der Waals surface area contributed by atoms with E-state index in [0.717, 1.165) is 5.39 Å². The molecule has 9 nitrogen and oxygen atoms in total. The van der Waals surface area contributed by atoms with E-state index in [0.29, 0.717) is 76.1 Å². The second kappa shape index (κ2) is 20.3. The minimum atomic E-state index is -0.551. The van der Waals surface area contributed by atoms with Crippen molar-refractivity contribution in [3.8, 4) is 11.5 Å². The van der Waals surface area contributed by atoms with Crippen molar-refractivity contribution in [2.45, 2.75) is 6.04 Å². The molecule has 0 aliphatic rings. The molecule has 0 aliphatic carbocycles. The number of aromatic nitrogens is 4. The number of benzene rings is 4. The first-order chi connectivity index (χ1) is 27.0. The van der Waals surface area contributed by atoms with Crippen LogP contribution in [0.3, 0.4) is 0 Å². The summed E-state index contributed by atoms with van der Waals surface area (Å²) in [5, 5.41) is 27.7. The van der Waals surface area contributed by atoms with Crippen molar-refractivity contribution in [1.29, 1.82) is 0 Å². The highest BCUT2D eigenvalue weighted by Crippen LogP contribution is 2.41. The summed E-state index contributed by atoms with van der Waals surface area (Å²) in [5.74, 6) is 1.44. The lowest BCUT2D eigenvalue weighted by molar-refractivity contribution is 0.112. The molecule has 4 aromatic carbocycles. The molecular formula is C42H31Cl5N6O3. The number of hydrogen-bond donors (Lipinski definition) is 4. The highest BCUT2D eigenvalue weighted by molar-refractivity contribution is 6.36. The van der Waals surface area contributed by atoms with Crippen LogP contribution in [0.25, 0.3) is 21.8 Å². The topological polar surface area (TPSA) is 147 Å². The smallest absolute Gasteiger partial charge is 0.151 e. The Bertz CT molecular complexity index is 2550. The zero-order valence-corrected chi connectivity index (χ0v) is 32.8. The number of nitrogens with zero attached hydrogens (tertiary/aromatic N) is 4. The number of carbonyl (C=O) groups excluding carboxylic acids is 1. The van der Waals surface area contributed by atoms with E-state index in [-0.39, 0.29) is 11.5 Å². The Morgan fingerprint density at radius 2 is 1.23 bits per heavy atom. The van der Waals surface area contributed by atoms with Gasteiger partial charge in [0.05, 0.1) is 16.1 Å². The molecule has 0 spiro atoms. The molecule has 56 heavy (non-hydrogen) atoms. The van der Waals surface area contributed by atoms with Gasteiger partial charge in [0.15, 0.2) is 6.29 Å². The van der Waals surface area contributed by atoms with Gasteiger partial charge in [-0.05, 0) is 96.6 Å². The Morgan fingerprint density at radius 1 is 0.589 bits per heavy atom. The Morgan fingerprint density at radius 3 is 1.86 bits per heavy atom. The SMILES string of the molecule is Nc1ccccn1.O=Cc1cc(Cl)ccc1Cl.Oc1c(C(Nc2ccccn2)c2cc(Cl)ccc2Cl)cc(Cl)c2cccnc12.Oc1cccc2cccnc12. The molecule has 0 aliphatic heterocycles. The average molecular weight is 845 g/mol. The number of pyridine rings is 4. The van der Waals surface area contributed by atoms with Gasteiger partial charge in [0.1, 0.15) is 34.2 Å². The number of nitrogens with one attached hydrogen (secondary N) is 1. The number of halogens is 5. The number of fused-ring (bicyclic) bond motifs is 2. The van der Waals surface area contributed by atoms with Crippen molar-refractivity contribution < 1.29 is 15.0 Å². The van der Waals surface area contributed by atoms with Crippen molar-refractivity contribution >= 4 is 97.7 Å². The number of phenolic OH excluding ortho intramolecular Hbond substituents is 2. The number of anilines is 2. The molecule has 0 bridgehead atoms. The first-order valence-electron chi connectivity index (χ1n) is 16.5. The Labute approximate surface area is 347 Å². The first-order valence-corrected chi connectivity index (χ1v) is 18.4. The third-order valence-electron chi connectivity index (χ3n) is 7.77. The van der Waals surface area contributed by atoms with E-state index in [9.17, 15) is 15.0 Å². The number of carbonyl (C=O) groups is 1. The van der Waals surface area contributed by atoms with Gasteiger partial charge in [-0.3, -0.25) is 14.8 Å². The summed E-state index contributed by atoms with van der Waals surface area (Å²) in [6, 6.07) is 34.7. The number of aromatic hydroxyl groups is 2. The predicted molar refractivity (Wildman–Crippen MR) is 228 cm³/mol. The molecule has 282 valence electrons. The molecular weight excluding hydrogens is 814 g/mol. The third kappa shape index (κ3) is 11.2. The molecule has 0 fully saturated rings. The van der Waals surface area contributed by atoms with E-state index < -0.39 is 6.04 Å². The fourth-order valence-electron chi connectivity index (χ4n) is 5.15. The van der Waals surface area contributed by atoms with Gasteiger partial charge in [-0.15, -0.1) is 0 Å². The summed E-state index contributed by atoms with van der Waals surface area (Å²) in [4.78, 5) is 26.6. The molecule has 8 rings (SSSR count). The van der Waals surface area contributed by atoms with Crippen LogP contribution >= 0.6 is 58.0 Å². The fraction of sp³-hybridized carbons (Fsp3) is 0.0238. The maximum absolute atomic E-state index is 11.0. The number of aldehydes is 1. The zero-order valence-electron chi connectivity index (χ0n) is 29.1. The molecule has 0 saturated heterocycles. The molecule has 1 atom stereocenters. The quantitative estimate of drug-likeness (QED) is 0.124. The minimum absolute atomic E-state index is 0.0180. The van der Waals surface area contributed by atoms with Crippen LogP contribution < -0.4 is 11.1 Å². The van der Waals surface area contributed by atoms with Gasteiger partial charge in [-0.1, -0.05) is 88.3 Å². The van der Waals surface area contributed by atoms with Gasteiger partial charge in [-0.2, -0.15) is 0 Å². The molecule has 0 amide bonds. The summed E-state index contributed by atoms with van der Waals surface area (Å²) >= 11 is 30.4. The Balaban J connectivity index is 0.000000173. The van der Waals surface area contributed by atoms with Crippen LogP contribution in [0.2, 0.25) is 25.1 Å². The molecule has 4 heterocycles. The van der Waals surface area contributed by atoms with Crippen LogP contribution in [0, 0.1) is 0 Å². The van der Waals surface area contributed by atoms with Crippen molar-refractivity contribution in [3.63, 3.8) is 0 Å². The van der Waals surface area contributed by atoms with Crippen molar-refractivity contribution in [2.24, 2.45) is 0 Å². The third-order valence-corrected chi connectivity index (χ3v) is 9.24. The maximum Gasteiger partial charge on any atom is 0.151 e. The lowest BCUT2D eigenvalue weighted by Crippen LogP contribution is -2.14. The summed E-state index contributed by atoms with van der Waals surface area (Å²) in [5.41, 5.74) is 7.95. The van der Waals surface area contributed by atoms with Gasteiger partial charge in [0.25, 0.3) is 0 Å². The average Bonchev–Trinajstić information content (AvgIpc) is 3.22. The van der Waals surface area contributed by atoms with Crippen molar-refractivity contribution in [2.75, 3.05) is 11.1 Å². The van der Waals surface area contributed by atoms with Crippen LogP contribution in [0.15, 0.2) is 146 Å². The lowest BCUT2D eigenvalue weighted by Gasteiger charge is -2.23. The number of rotatable bonds is 5. The highest BCUT2D eigenvalue weighted by Gasteiger charge is 2.24. The summed E-state index contributed by atoms with van der Waals surface area (Å²) < 4.78 is 0. The largest absolute Gasteiger partial charge is 0.506 e. The molecule has 5 N–H and O–H groups in total. The second-order valence-electron chi connectivity index (χ2n) is 11.5. The summed E-state index contributed by atoms with van der Waals surface area (Å²) in [7, 11) is 0. The van der Waals surface area contributed by atoms with Crippen molar-refractivity contribution in [1.82, 2.24) is 19.9 Å². The van der Waals surface area contributed by atoms with Crippen LogP contribution in [0.1, 0.15) is 27.5 Å². The first kappa shape index (κ1) is 41.5. The van der Waals surface area contributed by atoms with E-state index in [1.54, 1.807) is 85.5 Å². The van der Waals surface area contributed by atoms with E-state index in [4.69, 9.17) is 63.7 Å². The van der Waals surface area contributed by atoms with Gasteiger partial charge in [0, 0.05) is 61.8 Å². The van der Waals surface area contributed by atoms with E-state index in [1.165, 1.54) is 6.07 Å². The molecule has 8 aromatic rings. The fourth-order valence-corrected chi connectivity index (χ4v) is 6.17. The molecule has 4 aromatic heterocycles. The van der Waals surface area contributed by atoms with Crippen LogP contribution in [0.4, 0.5) is 11.6 Å². The lowest BCUT2D eigenvalue weighted by atomic mass is 9.96. The van der Waals surface area contributed by atoms with Gasteiger partial charge in [-0.25, -0.2) is 9.97 Å². The molecule has 1 unspecified atom stereocenters. The van der Waals surface area contributed by atoms with E-state index in [1.807, 2.05) is 54.6 Å².